The summed E-state index contributed by atoms with van der Waals surface area (Å²) >= 11 is 0. The number of aromatic nitrogens is 4. The molecule has 18 nitrogen and oxygen atoms in total. The third-order valence-electron chi connectivity index (χ3n) is 12.8. The minimum absolute atomic E-state index is 0.0496. The highest BCUT2D eigenvalue weighted by molar-refractivity contribution is 5.88. The van der Waals surface area contributed by atoms with Crippen LogP contribution in [0.3, 0.4) is 0 Å². The van der Waals surface area contributed by atoms with Crippen LogP contribution in [0, 0.1) is 23.7 Å². The van der Waals surface area contributed by atoms with Gasteiger partial charge >= 0.3 is 12.2 Å². The number of fused-ring (bicyclic) bond motifs is 1. The summed E-state index contributed by atoms with van der Waals surface area (Å²) in [4.78, 5) is 87.1. The Bertz CT molecular complexity index is 2390. The van der Waals surface area contributed by atoms with E-state index in [1.165, 1.54) is 21.1 Å². The quantitative estimate of drug-likeness (QED) is 0.176. The molecule has 338 valence electrons. The molecule has 6 heterocycles. The van der Waals surface area contributed by atoms with E-state index >= 15 is 0 Å². The summed E-state index contributed by atoms with van der Waals surface area (Å²) in [5.41, 5.74) is 4.76. The standard InChI is InChI=1S/C46H55N9O9/c1-28(56)53-19-20-55(44(58)40(52-46(60)62-3)33-16-23-64-24-17-33)38(27-53)41-47-26-36(50-41)31-11-8-29(9-12-31)6-7-30-10-13-34-35(25-30)49-42(48-34)37-5-4-18-54(37)43(57)39(51-45(59)61-2)32-14-21-63-22-15-32/h8-13,25-26,32-33,37-40H,4-5,14-24,27H2,1-3H3,(H,47,50)(H,48,49)(H,51,59)(H,52,60)/t37-,38-,39-,40-/m0/s1. The van der Waals surface area contributed by atoms with Gasteiger partial charge in [0, 0.05) is 70.7 Å². The molecule has 8 rings (SSSR count). The Hall–Kier alpha value is -6.45. The highest BCUT2D eigenvalue weighted by Crippen LogP contribution is 2.34. The number of amides is 5. The number of likely N-dealkylation sites (tertiary alicyclic amines) is 1. The number of nitrogens with one attached hydrogen (secondary N) is 4. The van der Waals surface area contributed by atoms with Crippen molar-refractivity contribution in [3.8, 4) is 23.1 Å². The van der Waals surface area contributed by atoms with Gasteiger partial charge in [-0.15, -0.1) is 0 Å². The van der Waals surface area contributed by atoms with E-state index in [9.17, 15) is 24.0 Å². The zero-order valence-electron chi connectivity index (χ0n) is 36.4. The molecular weight excluding hydrogens is 823 g/mol. The number of benzene rings is 2. The normalized spacial score (nSPS) is 20.5. The molecule has 4 aliphatic rings. The molecule has 5 amide bonds. The zero-order valence-corrected chi connectivity index (χ0v) is 36.4. The number of carbonyl (C=O) groups excluding carboxylic acids is 5. The van der Waals surface area contributed by atoms with E-state index in [4.69, 9.17) is 28.9 Å². The van der Waals surface area contributed by atoms with Crippen LogP contribution in [0.5, 0.6) is 0 Å². The summed E-state index contributed by atoms with van der Waals surface area (Å²) in [7, 11) is 2.57. The minimum Gasteiger partial charge on any atom is -0.453 e. The third-order valence-corrected chi connectivity index (χ3v) is 12.8. The summed E-state index contributed by atoms with van der Waals surface area (Å²) < 4.78 is 20.8. The predicted octanol–water partition coefficient (Wildman–Crippen LogP) is 4.05. The van der Waals surface area contributed by atoms with Crippen LogP contribution in [0.4, 0.5) is 9.59 Å². The molecule has 0 radical (unpaired) electrons. The number of alkyl carbamates (subject to hydrolysis) is 2. The van der Waals surface area contributed by atoms with Gasteiger partial charge in [0.25, 0.3) is 0 Å². The Balaban J connectivity index is 0.955. The summed E-state index contributed by atoms with van der Waals surface area (Å²) in [6, 6.07) is 11.2. The SMILES string of the molecule is COC(=O)N[C@H](C(=O)N1CCN(C(C)=O)C[C@H]1c1ncc(-c2ccc(C#Cc3ccc4nc([C@@H]5CCCN5C(=O)[C@@H](NC(=O)OC)C5CCOCC5)[nH]c4c3)cc2)[nH]1)C1CCOCC1. The highest BCUT2D eigenvalue weighted by Gasteiger charge is 2.42. The summed E-state index contributed by atoms with van der Waals surface area (Å²) in [6.07, 6.45) is 4.56. The van der Waals surface area contributed by atoms with Crippen LogP contribution in [-0.4, -0.2) is 143 Å². The van der Waals surface area contributed by atoms with Gasteiger partial charge in [0.1, 0.15) is 29.8 Å². The van der Waals surface area contributed by atoms with Crippen molar-refractivity contribution in [2.24, 2.45) is 11.8 Å². The molecule has 2 aromatic heterocycles. The van der Waals surface area contributed by atoms with E-state index in [1.807, 2.05) is 47.4 Å². The van der Waals surface area contributed by atoms with Gasteiger partial charge in [0.15, 0.2) is 0 Å². The summed E-state index contributed by atoms with van der Waals surface area (Å²) in [6.45, 7) is 5.04. The van der Waals surface area contributed by atoms with Gasteiger partial charge in [-0.05, 0) is 86.3 Å². The average molecular weight is 878 g/mol. The first-order chi connectivity index (χ1) is 31.1. The van der Waals surface area contributed by atoms with Gasteiger partial charge in [0.2, 0.25) is 17.7 Å². The van der Waals surface area contributed by atoms with E-state index in [-0.39, 0.29) is 48.7 Å². The first-order valence-electron chi connectivity index (χ1n) is 22.0. The second-order valence-corrected chi connectivity index (χ2v) is 16.7. The average Bonchev–Trinajstić information content (AvgIpc) is 4.12. The van der Waals surface area contributed by atoms with Crippen molar-refractivity contribution >= 4 is 40.9 Å². The number of imidazole rings is 2. The van der Waals surface area contributed by atoms with Crippen LogP contribution in [0.15, 0.2) is 48.7 Å². The van der Waals surface area contributed by atoms with Gasteiger partial charge in [-0.1, -0.05) is 24.0 Å². The van der Waals surface area contributed by atoms with E-state index in [1.54, 1.807) is 16.0 Å². The maximum atomic E-state index is 14.3. The topological polar surface area (TPSA) is 213 Å². The monoisotopic (exact) mass is 877 g/mol. The van der Waals surface area contributed by atoms with Gasteiger partial charge in [0.05, 0.1) is 43.2 Å². The molecule has 4 fully saturated rings. The lowest BCUT2D eigenvalue weighted by molar-refractivity contribution is -0.145. The zero-order chi connectivity index (χ0) is 44.7. The molecule has 4 saturated heterocycles. The molecule has 64 heavy (non-hydrogen) atoms. The van der Waals surface area contributed by atoms with Crippen molar-refractivity contribution in [3.63, 3.8) is 0 Å². The Morgan fingerprint density at radius 2 is 1.33 bits per heavy atom. The van der Waals surface area contributed by atoms with Crippen molar-refractivity contribution in [3.05, 3.63) is 71.4 Å². The van der Waals surface area contributed by atoms with Crippen LogP contribution < -0.4 is 10.6 Å². The number of carbonyl (C=O) groups is 5. The first kappa shape index (κ1) is 44.2. The van der Waals surface area contributed by atoms with Crippen molar-refractivity contribution in [2.45, 2.75) is 69.6 Å². The van der Waals surface area contributed by atoms with Gasteiger partial charge in [-0.3, -0.25) is 14.4 Å². The lowest BCUT2D eigenvalue weighted by Crippen LogP contribution is -2.59. The number of methoxy groups -OCH3 is 2. The smallest absolute Gasteiger partial charge is 0.407 e. The van der Waals surface area contributed by atoms with E-state index < -0.39 is 30.3 Å². The number of ether oxygens (including phenoxy) is 4. The van der Waals surface area contributed by atoms with Gasteiger partial charge in [-0.2, -0.15) is 0 Å². The molecule has 2 aromatic carbocycles. The number of piperazine rings is 1. The lowest BCUT2D eigenvalue weighted by atomic mass is 9.90. The molecule has 4 aliphatic heterocycles. The Morgan fingerprint density at radius 1 is 0.734 bits per heavy atom. The second-order valence-electron chi connectivity index (χ2n) is 16.7. The number of nitrogens with zero attached hydrogens (tertiary/aromatic N) is 5. The molecular formula is C46H55N9O9. The molecule has 4 aromatic rings. The third kappa shape index (κ3) is 9.85. The molecule has 0 bridgehead atoms. The number of hydrogen-bond donors (Lipinski definition) is 4. The van der Waals surface area contributed by atoms with Crippen molar-refractivity contribution in [1.29, 1.82) is 0 Å². The fraction of sp³-hybridized carbons (Fsp3) is 0.500. The molecule has 0 aliphatic carbocycles. The second kappa shape index (κ2) is 19.9. The maximum absolute atomic E-state index is 14.3. The summed E-state index contributed by atoms with van der Waals surface area (Å²) in [5, 5.41) is 5.58. The Kier molecular flexibility index (Phi) is 13.8. The maximum Gasteiger partial charge on any atom is 0.407 e. The Morgan fingerprint density at radius 3 is 1.94 bits per heavy atom. The van der Waals surface area contributed by atoms with Crippen LogP contribution in [0.25, 0.3) is 22.3 Å². The number of hydrogen-bond acceptors (Lipinski definition) is 11. The number of aromatic amines is 2. The van der Waals surface area contributed by atoms with Gasteiger partial charge < -0.3 is 54.2 Å². The Labute approximate surface area is 371 Å². The fourth-order valence-electron chi connectivity index (χ4n) is 9.27. The number of rotatable bonds is 9. The first-order valence-corrected chi connectivity index (χ1v) is 22.0. The van der Waals surface area contributed by atoms with Crippen LogP contribution in [0.2, 0.25) is 0 Å². The molecule has 18 heteroatoms. The number of H-pyrrole nitrogens is 2. The molecule has 0 saturated carbocycles. The fourth-order valence-corrected chi connectivity index (χ4v) is 9.27. The van der Waals surface area contributed by atoms with Crippen LogP contribution in [-0.2, 0) is 33.3 Å². The van der Waals surface area contributed by atoms with E-state index in [2.05, 4.69) is 32.4 Å². The van der Waals surface area contributed by atoms with E-state index in [0.717, 1.165) is 46.3 Å². The largest absolute Gasteiger partial charge is 0.453 e. The molecule has 4 atom stereocenters. The highest BCUT2D eigenvalue weighted by atomic mass is 16.5. The van der Waals surface area contributed by atoms with Crippen molar-refractivity contribution in [1.82, 2.24) is 45.3 Å². The molecule has 0 unspecified atom stereocenters. The predicted molar refractivity (Wildman–Crippen MR) is 232 cm³/mol. The van der Waals surface area contributed by atoms with E-state index in [0.29, 0.717) is 76.8 Å². The lowest BCUT2D eigenvalue weighted by Gasteiger charge is -2.42. The molecule has 0 spiro atoms. The van der Waals surface area contributed by atoms with Crippen molar-refractivity contribution in [2.75, 3.05) is 66.8 Å². The van der Waals surface area contributed by atoms with Crippen LogP contribution in [0.1, 0.15) is 80.3 Å². The van der Waals surface area contributed by atoms with Gasteiger partial charge in [-0.25, -0.2) is 19.6 Å². The molecule has 4 N–H and O–H groups in total. The summed E-state index contributed by atoms with van der Waals surface area (Å²) in [5.74, 6) is 7.07. The minimum atomic E-state index is -0.815. The van der Waals surface area contributed by atoms with Crippen molar-refractivity contribution < 1.29 is 42.9 Å². The van der Waals surface area contributed by atoms with Crippen LogP contribution >= 0.6 is 0 Å².